The smallest absolute Gasteiger partial charge is 0.254 e. The lowest BCUT2D eigenvalue weighted by molar-refractivity contribution is 0.0599. The molecule has 0 bridgehead atoms. The first-order valence-electron chi connectivity index (χ1n) is 5.95. The highest BCUT2D eigenvalue weighted by atomic mass is 79.9. The largest absolute Gasteiger partial charge is 0.335 e. The summed E-state index contributed by atoms with van der Waals surface area (Å²) in [6, 6.07) is 4.86. The standard InChI is InChI=1S/C13H14Br2FNO/c14-6-7-17(10-2-1-3-10)13(18)9-4-5-11(15)12(16)8-9/h4-5,8,10H,1-3,6-7H2. The summed E-state index contributed by atoms with van der Waals surface area (Å²) >= 11 is 6.46. The van der Waals surface area contributed by atoms with E-state index in [2.05, 4.69) is 31.9 Å². The Labute approximate surface area is 123 Å². The molecule has 1 aromatic carbocycles. The Morgan fingerprint density at radius 1 is 1.44 bits per heavy atom. The van der Waals surface area contributed by atoms with E-state index in [-0.39, 0.29) is 5.91 Å². The molecule has 0 heterocycles. The van der Waals surface area contributed by atoms with Crippen LogP contribution in [0.15, 0.2) is 22.7 Å². The van der Waals surface area contributed by atoms with Crippen molar-refractivity contribution in [3.63, 3.8) is 0 Å². The van der Waals surface area contributed by atoms with E-state index in [4.69, 9.17) is 0 Å². The Morgan fingerprint density at radius 3 is 2.67 bits per heavy atom. The van der Waals surface area contributed by atoms with Crippen LogP contribution in [-0.2, 0) is 0 Å². The van der Waals surface area contributed by atoms with E-state index in [0.717, 1.165) is 18.2 Å². The molecule has 1 amide bonds. The van der Waals surface area contributed by atoms with Crippen molar-refractivity contribution in [1.29, 1.82) is 0 Å². The van der Waals surface area contributed by atoms with Crippen LogP contribution in [0.3, 0.4) is 0 Å². The zero-order valence-electron chi connectivity index (χ0n) is 9.83. The van der Waals surface area contributed by atoms with Crippen molar-refractivity contribution < 1.29 is 9.18 Å². The maximum atomic E-state index is 13.5. The van der Waals surface area contributed by atoms with Crippen LogP contribution in [0.2, 0.25) is 0 Å². The van der Waals surface area contributed by atoms with Gasteiger partial charge < -0.3 is 4.90 Å². The molecule has 1 aliphatic rings. The third kappa shape index (κ3) is 2.94. The Bertz CT molecular complexity index is 449. The van der Waals surface area contributed by atoms with Gasteiger partial charge in [0.05, 0.1) is 4.47 Å². The van der Waals surface area contributed by atoms with E-state index in [9.17, 15) is 9.18 Å². The van der Waals surface area contributed by atoms with Crippen molar-refractivity contribution in [2.24, 2.45) is 0 Å². The van der Waals surface area contributed by atoms with Gasteiger partial charge in [-0.05, 0) is 53.4 Å². The number of alkyl halides is 1. The fourth-order valence-corrected chi connectivity index (χ4v) is 2.66. The molecule has 98 valence electrons. The lowest BCUT2D eigenvalue weighted by atomic mass is 9.91. The summed E-state index contributed by atoms with van der Waals surface area (Å²) in [5.74, 6) is -0.473. The molecule has 1 saturated carbocycles. The van der Waals surface area contributed by atoms with Gasteiger partial charge in [-0.2, -0.15) is 0 Å². The van der Waals surface area contributed by atoms with Crippen LogP contribution in [0.1, 0.15) is 29.6 Å². The average Bonchev–Trinajstić information content (AvgIpc) is 2.29. The Balaban J connectivity index is 2.18. The van der Waals surface area contributed by atoms with E-state index in [1.165, 1.54) is 12.5 Å². The van der Waals surface area contributed by atoms with Crippen LogP contribution in [0, 0.1) is 5.82 Å². The van der Waals surface area contributed by atoms with Crippen molar-refractivity contribution in [2.45, 2.75) is 25.3 Å². The molecule has 1 fully saturated rings. The number of hydrogen-bond acceptors (Lipinski definition) is 1. The third-order valence-corrected chi connectivity index (χ3v) is 4.27. The first-order chi connectivity index (χ1) is 8.63. The SMILES string of the molecule is O=C(c1ccc(Br)c(F)c1)N(CCBr)C1CCC1. The van der Waals surface area contributed by atoms with Crippen molar-refractivity contribution in [1.82, 2.24) is 4.90 Å². The normalized spacial score (nSPS) is 15.3. The highest BCUT2D eigenvalue weighted by Gasteiger charge is 2.29. The van der Waals surface area contributed by atoms with Gasteiger partial charge in [-0.1, -0.05) is 15.9 Å². The highest BCUT2D eigenvalue weighted by molar-refractivity contribution is 9.10. The van der Waals surface area contributed by atoms with Gasteiger partial charge in [0, 0.05) is 23.5 Å². The van der Waals surface area contributed by atoms with Gasteiger partial charge in [-0.3, -0.25) is 4.79 Å². The molecule has 0 radical (unpaired) electrons. The second-order valence-electron chi connectivity index (χ2n) is 4.40. The molecule has 18 heavy (non-hydrogen) atoms. The molecule has 1 aliphatic carbocycles. The van der Waals surface area contributed by atoms with E-state index in [0.29, 0.717) is 22.6 Å². The molecule has 0 unspecified atom stereocenters. The van der Waals surface area contributed by atoms with E-state index in [1.807, 2.05) is 4.90 Å². The predicted molar refractivity (Wildman–Crippen MR) is 76.6 cm³/mol. The van der Waals surface area contributed by atoms with Crippen molar-refractivity contribution in [3.05, 3.63) is 34.1 Å². The lowest BCUT2D eigenvalue weighted by Crippen LogP contribution is -2.45. The van der Waals surface area contributed by atoms with Gasteiger partial charge in [0.2, 0.25) is 0 Å². The number of carbonyl (C=O) groups is 1. The van der Waals surface area contributed by atoms with Gasteiger partial charge in [0.1, 0.15) is 5.82 Å². The first-order valence-corrected chi connectivity index (χ1v) is 7.87. The number of benzene rings is 1. The van der Waals surface area contributed by atoms with E-state index >= 15 is 0 Å². The van der Waals surface area contributed by atoms with Crippen molar-refractivity contribution in [3.8, 4) is 0 Å². The number of halogens is 3. The number of carbonyl (C=O) groups excluding carboxylic acids is 1. The van der Waals surface area contributed by atoms with Crippen molar-refractivity contribution in [2.75, 3.05) is 11.9 Å². The maximum Gasteiger partial charge on any atom is 0.254 e. The molecule has 0 atom stereocenters. The minimum Gasteiger partial charge on any atom is -0.335 e. The van der Waals surface area contributed by atoms with Crippen LogP contribution in [0.25, 0.3) is 0 Å². The summed E-state index contributed by atoms with van der Waals surface area (Å²) < 4.78 is 13.8. The van der Waals surface area contributed by atoms with Crippen LogP contribution >= 0.6 is 31.9 Å². The van der Waals surface area contributed by atoms with Gasteiger partial charge in [0.25, 0.3) is 5.91 Å². The minimum absolute atomic E-state index is 0.0782. The Hall–Kier alpha value is -0.420. The van der Waals surface area contributed by atoms with Gasteiger partial charge in [-0.15, -0.1) is 0 Å². The molecule has 1 aromatic rings. The molecular weight excluding hydrogens is 365 g/mol. The molecule has 0 aromatic heterocycles. The predicted octanol–water partition coefficient (Wildman–Crippen LogP) is 3.98. The number of hydrogen-bond donors (Lipinski definition) is 0. The second-order valence-corrected chi connectivity index (χ2v) is 6.05. The number of nitrogens with zero attached hydrogens (tertiary/aromatic N) is 1. The average molecular weight is 379 g/mol. The first kappa shape index (κ1) is 14.0. The zero-order valence-corrected chi connectivity index (χ0v) is 13.0. The second kappa shape index (κ2) is 6.15. The zero-order chi connectivity index (χ0) is 13.1. The molecular formula is C13H14Br2FNO. The van der Waals surface area contributed by atoms with Gasteiger partial charge in [0.15, 0.2) is 0 Å². The molecule has 5 heteroatoms. The monoisotopic (exact) mass is 377 g/mol. The van der Waals surface area contributed by atoms with E-state index in [1.54, 1.807) is 12.1 Å². The van der Waals surface area contributed by atoms with Crippen LogP contribution in [0.4, 0.5) is 4.39 Å². The minimum atomic E-state index is -0.395. The van der Waals surface area contributed by atoms with Crippen LogP contribution in [-0.4, -0.2) is 28.7 Å². The Morgan fingerprint density at radius 2 is 2.17 bits per heavy atom. The van der Waals surface area contributed by atoms with Gasteiger partial charge >= 0.3 is 0 Å². The molecule has 2 rings (SSSR count). The lowest BCUT2D eigenvalue weighted by Gasteiger charge is -2.37. The summed E-state index contributed by atoms with van der Waals surface area (Å²) in [5, 5.41) is 0.744. The summed E-state index contributed by atoms with van der Waals surface area (Å²) in [5.41, 5.74) is 0.420. The van der Waals surface area contributed by atoms with Gasteiger partial charge in [-0.25, -0.2) is 4.39 Å². The summed E-state index contributed by atoms with van der Waals surface area (Å²) in [6.07, 6.45) is 3.28. The number of amides is 1. The number of rotatable bonds is 4. The maximum absolute atomic E-state index is 13.5. The molecule has 0 saturated heterocycles. The fraction of sp³-hybridized carbons (Fsp3) is 0.462. The van der Waals surface area contributed by atoms with Crippen LogP contribution < -0.4 is 0 Å². The third-order valence-electron chi connectivity index (χ3n) is 3.27. The summed E-state index contributed by atoms with van der Waals surface area (Å²) in [6.45, 7) is 0.668. The molecule has 0 aliphatic heterocycles. The van der Waals surface area contributed by atoms with Crippen LogP contribution in [0.5, 0.6) is 0 Å². The van der Waals surface area contributed by atoms with Crippen molar-refractivity contribution >= 4 is 37.8 Å². The topological polar surface area (TPSA) is 20.3 Å². The quantitative estimate of drug-likeness (QED) is 0.725. The summed E-state index contributed by atoms with van der Waals surface area (Å²) in [4.78, 5) is 14.2. The Kier molecular flexibility index (Phi) is 4.78. The highest BCUT2D eigenvalue weighted by Crippen LogP contribution is 2.27. The summed E-state index contributed by atoms with van der Waals surface area (Å²) in [7, 11) is 0. The fourth-order valence-electron chi connectivity index (χ4n) is 2.03. The molecule has 0 spiro atoms. The van der Waals surface area contributed by atoms with E-state index < -0.39 is 5.82 Å². The molecule has 0 N–H and O–H groups in total. The molecule has 2 nitrogen and oxygen atoms in total.